The molecule has 2 amide bonds. The van der Waals surface area contributed by atoms with Crippen molar-refractivity contribution >= 4 is 23.6 Å². The molecule has 21 heavy (non-hydrogen) atoms. The van der Waals surface area contributed by atoms with Crippen molar-refractivity contribution in [2.45, 2.75) is 6.42 Å². The summed E-state index contributed by atoms with van der Waals surface area (Å²) in [6.45, 7) is 0.569. The lowest BCUT2D eigenvalue weighted by Gasteiger charge is -2.15. The maximum atomic E-state index is 12.0. The lowest BCUT2D eigenvalue weighted by molar-refractivity contribution is -0.419. The van der Waals surface area contributed by atoms with E-state index in [4.69, 9.17) is 0 Å². The van der Waals surface area contributed by atoms with Crippen molar-refractivity contribution in [2.75, 3.05) is 12.3 Å². The Balaban J connectivity index is 2.16. The van der Waals surface area contributed by atoms with Crippen LogP contribution >= 0.6 is 11.8 Å². The number of imide groups is 1. The summed E-state index contributed by atoms with van der Waals surface area (Å²) in [5.41, 5.74) is -0.355. The SMILES string of the molecule is O=C(NC(=O)c1ccccc1)/C(=C1\NCCCS1)[N+](=O)[O-]. The van der Waals surface area contributed by atoms with Gasteiger partial charge in [-0.1, -0.05) is 18.2 Å². The summed E-state index contributed by atoms with van der Waals surface area (Å²) in [6, 6.07) is 8.06. The first-order valence-corrected chi connectivity index (χ1v) is 7.24. The van der Waals surface area contributed by atoms with E-state index >= 15 is 0 Å². The van der Waals surface area contributed by atoms with Crippen molar-refractivity contribution in [3.05, 3.63) is 56.7 Å². The Hall–Kier alpha value is -2.35. The number of hydrogen-bond acceptors (Lipinski definition) is 6. The fourth-order valence-electron chi connectivity index (χ4n) is 1.74. The predicted octanol–water partition coefficient (Wildman–Crippen LogP) is 1.12. The number of hydrogen-bond donors (Lipinski definition) is 2. The smallest absolute Gasteiger partial charge is 0.363 e. The molecule has 1 aliphatic rings. The van der Waals surface area contributed by atoms with Crippen LogP contribution in [0.15, 0.2) is 41.1 Å². The molecule has 2 N–H and O–H groups in total. The van der Waals surface area contributed by atoms with Gasteiger partial charge in [0.1, 0.15) is 0 Å². The van der Waals surface area contributed by atoms with Crippen LogP contribution in [0.25, 0.3) is 0 Å². The molecule has 0 spiro atoms. The second-order valence-electron chi connectivity index (χ2n) is 4.21. The second-order valence-corrected chi connectivity index (χ2v) is 5.32. The molecule has 0 unspecified atom stereocenters. The Morgan fingerprint density at radius 1 is 1.29 bits per heavy atom. The van der Waals surface area contributed by atoms with Gasteiger partial charge in [0.25, 0.3) is 5.91 Å². The first kappa shape index (κ1) is 15.0. The van der Waals surface area contributed by atoms with Crippen molar-refractivity contribution < 1.29 is 14.5 Å². The second kappa shape index (κ2) is 6.89. The molecule has 1 aromatic rings. The van der Waals surface area contributed by atoms with Crippen LogP contribution in [-0.2, 0) is 4.79 Å². The highest BCUT2D eigenvalue weighted by atomic mass is 32.2. The molecule has 0 radical (unpaired) electrons. The molecule has 110 valence electrons. The van der Waals surface area contributed by atoms with Crippen molar-refractivity contribution in [2.24, 2.45) is 0 Å². The molecule has 1 heterocycles. The molecule has 0 aliphatic carbocycles. The summed E-state index contributed by atoms with van der Waals surface area (Å²) in [4.78, 5) is 34.2. The van der Waals surface area contributed by atoms with Crippen LogP contribution in [-0.4, -0.2) is 29.0 Å². The summed E-state index contributed by atoms with van der Waals surface area (Å²) in [7, 11) is 0. The maximum absolute atomic E-state index is 12.0. The lowest BCUT2D eigenvalue weighted by Crippen LogP contribution is -2.36. The van der Waals surface area contributed by atoms with Crippen molar-refractivity contribution in [3.8, 4) is 0 Å². The minimum absolute atomic E-state index is 0.199. The number of benzene rings is 1. The van der Waals surface area contributed by atoms with E-state index < -0.39 is 22.4 Å². The Bertz CT molecular complexity index is 593. The highest BCUT2D eigenvalue weighted by Gasteiger charge is 2.30. The van der Waals surface area contributed by atoms with Gasteiger partial charge in [-0.3, -0.25) is 25.0 Å². The summed E-state index contributed by atoms with van der Waals surface area (Å²) in [5, 5.41) is 16.1. The number of carbonyl (C=O) groups is 2. The third-order valence-corrected chi connectivity index (χ3v) is 3.85. The monoisotopic (exact) mass is 307 g/mol. The topological polar surface area (TPSA) is 101 Å². The molecular weight excluding hydrogens is 294 g/mol. The summed E-state index contributed by atoms with van der Waals surface area (Å²) in [6.07, 6.45) is 0.865. The Morgan fingerprint density at radius 2 is 2.00 bits per heavy atom. The predicted molar refractivity (Wildman–Crippen MR) is 78.0 cm³/mol. The van der Waals surface area contributed by atoms with Gasteiger partial charge in [-0.05, 0) is 18.6 Å². The molecule has 7 nitrogen and oxygen atoms in total. The highest BCUT2D eigenvalue weighted by molar-refractivity contribution is 8.03. The number of nitrogens with one attached hydrogen (secondary N) is 2. The van der Waals surface area contributed by atoms with E-state index in [1.165, 1.54) is 23.9 Å². The number of thioether (sulfide) groups is 1. The van der Waals surface area contributed by atoms with E-state index in [2.05, 4.69) is 5.32 Å². The first-order chi connectivity index (χ1) is 10.1. The van der Waals surface area contributed by atoms with Gasteiger partial charge in [-0.2, -0.15) is 0 Å². The van der Waals surface area contributed by atoms with Crippen LogP contribution in [0.5, 0.6) is 0 Å². The number of nitro groups is 1. The van der Waals surface area contributed by atoms with Gasteiger partial charge in [-0.15, -0.1) is 11.8 Å². The standard InChI is InChI=1S/C13H13N3O4S/c17-11(9-5-2-1-3-6-9)15-12(18)10(16(19)20)13-14-7-4-8-21-13/h1-3,5-6,14H,4,7-8H2,(H,15,17,18)/b13-10-. The fraction of sp³-hybridized carbons (Fsp3) is 0.231. The number of carbonyl (C=O) groups excluding carboxylic acids is 2. The maximum Gasteiger partial charge on any atom is 0.363 e. The largest absolute Gasteiger partial charge is 0.374 e. The molecule has 0 saturated carbocycles. The van der Waals surface area contributed by atoms with Gasteiger partial charge in [-0.25, -0.2) is 0 Å². The normalized spacial score (nSPS) is 16.6. The van der Waals surface area contributed by atoms with E-state index in [0.29, 0.717) is 12.3 Å². The number of amides is 2. The average Bonchev–Trinajstić information content (AvgIpc) is 2.49. The Morgan fingerprint density at radius 3 is 2.57 bits per heavy atom. The summed E-state index contributed by atoms with van der Waals surface area (Å²) >= 11 is 1.21. The molecule has 8 heteroatoms. The van der Waals surface area contributed by atoms with Crippen LogP contribution in [0.1, 0.15) is 16.8 Å². The van der Waals surface area contributed by atoms with Crippen molar-refractivity contribution in [1.29, 1.82) is 0 Å². The summed E-state index contributed by atoms with van der Waals surface area (Å²) < 4.78 is 0. The quantitative estimate of drug-likeness (QED) is 0.493. The van der Waals surface area contributed by atoms with Crippen molar-refractivity contribution in [1.82, 2.24) is 10.6 Å². The third kappa shape index (κ3) is 3.82. The molecule has 2 rings (SSSR count). The van der Waals surface area contributed by atoms with E-state index in [1.807, 2.05) is 5.32 Å². The Kier molecular flexibility index (Phi) is 4.94. The zero-order chi connectivity index (χ0) is 15.2. The summed E-state index contributed by atoms with van der Waals surface area (Å²) in [5.74, 6) is -0.980. The van der Waals surface area contributed by atoms with E-state index in [1.54, 1.807) is 18.2 Å². The Labute approximate surface area is 124 Å². The van der Waals surface area contributed by atoms with Gasteiger partial charge in [0.2, 0.25) is 0 Å². The molecular formula is C13H13N3O4S. The molecule has 0 aromatic heterocycles. The number of rotatable bonds is 3. The zero-order valence-electron chi connectivity index (χ0n) is 11.0. The van der Waals surface area contributed by atoms with Gasteiger partial charge < -0.3 is 5.32 Å². The highest BCUT2D eigenvalue weighted by Crippen LogP contribution is 2.22. The average molecular weight is 307 g/mol. The molecule has 1 saturated heterocycles. The van der Waals surface area contributed by atoms with Crippen LogP contribution in [0, 0.1) is 10.1 Å². The van der Waals surface area contributed by atoms with Gasteiger partial charge in [0.05, 0.1) is 4.92 Å². The fourth-order valence-corrected chi connectivity index (χ4v) is 2.75. The van der Waals surface area contributed by atoms with Crippen LogP contribution < -0.4 is 10.6 Å². The van der Waals surface area contributed by atoms with Gasteiger partial charge >= 0.3 is 11.6 Å². The van der Waals surface area contributed by atoms with Crippen molar-refractivity contribution in [3.63, 3.8) is 0 Å². The van der Waals surface area contributed by atoms with Crippen LogP contribution in [0.4, 0.5) is 0 Å². The molecule has 1 fully saturated rings. The van der Waals surface area contributed by atoms with E-state index in [-0.39, 0.29) is 10.6 Å². The zero-order valence-corrected chi connectivity index (χ0v) is 11.8. The molecule has 0 atom stereocenters. The first-order valence-electron chi connectivity index (χ1n) is 6.25. The minimum atomic E-state index is -1.01. The third-order valence-electron chi connectivity index (χ3n) is 2.73. The lowest BCUT2D eigenvalue weighted by atomic mass is 10.2. The van der Waals surface area contributed by atoms with Crippen LogP contribution in [0.2, 0.25) is 0 Å². The van der Waals surface area contributed by atoms with Gasteiger partial charge in [0.15, 0.2) is 5.03 Å². The molecule has 1 aromatic carbocycles. The van der Waals surface area contributed by atoms with E-state index in [9.17, 15) is 19.7 Å². The van der Waals surface area contributed by atoms with Crippen LogP contribution in [0.3, 0.4) is 0 Å². The molecule has 0 bridgehead atoms. The van der Waals surface area contributed by atoms with Gasteiger partial charge in [0, 0.05) is 17.9 Å². The number of nitrogens with zero attached hydrogens (tertiary/aromatic N) is 1. The minimum Gasteiger partial charge on any atom is -0.374 e. The van der Waals surface area contributed by atoms with E-state index in [0.717, 1.165) is 6.42 Å². The molecule has 1 aliphatic heterocycles.